The van der Waals surface area contributed by atoms with Crippen molar-refractivity contribution in [3.8, 4) is 29.1 Å². The maximum absolute atomic E-state index is 12.3. The van der Waals surface area contributed by atoms with E-state index in [2.05, 4.69) is 10.6 Å². The number of benzene rings is 7. The molecule has 0 spiro atoms. The fraction of sp³-hybridized carbons (Fsp3) is 0.227. The van der Waals surface area contributed by atoms with Gasteiger partial charge in [-0.15, -0.1) is 0 Å². The van der Waals surface area contributed by atoms with E-state index < -0.39 is 53.5 Å². The first kappa shape index (κ1) is 83.6. The Morgan fingerprint density at radius 2 is 1.17 bits per heavy atom. The minimum absolute atomic E-state index is 0. The van der Waals surface area contributed by atoms with Crippen molar-refractivity contribution in [3.63, 3.8) is 0 Å². The summed E-state index contributed by atoms with van der Waals surface area (Å²) in [5.74, 6) is -0.398. The molecule has 10 aromatic rings. The van der Waals surface area contributed by atoms with Crippen LogP contribution in [0.5, 0.6) is 23.0 Å². The monoisotopic (exact) mass is 1420 g/mol. The van der Waals surface area contributed by atoms with Crippen LogP contribution >= 0.6 is 0 Å². The Morgan fingerprint density at radius 3 is 1.72 bits per heavy atom. The molecule has 7 aromatic carbocycles. The average molecular weight is 1420 g/mol. The molecule has 0 radical (unpaired) electrons. The summed E-state index contributed by atoms with van der Waals surface area (Å²) in [6, 6.07) is 50.9. The molecule has 1 fully saturated rings. The van der Waals surface area contributed by atoms with Crippen LogP contribution in [0.1, 0.15) is 91.1 Å². The zero-order valence-corrected chi connectivity index (χ0v) is 57.5. The number of hydrogen-bond acceptors (Lipinski definition) is 23. The largest absolute Gasteiger partial charge is 1.00 e. The quantitative estimate of drug-likeness (QED) is 0.0304. The fourth-order valence-electron chi connectivity index (χ4n) is 10.0. The predicted molar refractivity (Wildman–Crippen MR) is 376 cm³/mol. The number of esters is 1. The number of aromatic hydroxyl groups is 1. The number of aliphatic hydroxyl groups is 1. The van der Waals surface area contributed by atoms with Gasteiger partial charge in [-0.25, -0.2) is 28.8 Å². The molecule has 1 unspecified atom stereocenters. The first-order chi connectivity index (χ1) is 47.8. The molecular weight excluding hydrogens is 1340 g/mol. The van der Waals surface area contributed by atoms with Crippen molar-refractivity contribution in [3.05, 3.63) is 247 Å². The molecule has 3 aromatic heterocycles. The van der Waals surface area contributed by atoms with E-state index >= 15 is 0 Å². The van der Waals surface area contributed by atoms with Gasteiger partial charge in [0, 0.05) is 44.7 Å². The fourth-order valence-corrected chi connectivity index (χ4v) is 10.0. The zero-order valence-electron chi connectivity index (χ0n) is 55.5. The first-order valence-corrected chi connectivity index (χ1v) is 30.1. The number of carbonyl (C=O) groups is 5. The number of cyclic esters (lactones) is 1. The summed E-state index contributed by atoms with van der Waals surface area (Å²) in [6.45, 7) is 13.9. The molecule has 2 aliphatic rings. The van der Waals surface area contributed by atoms with Crippen molar-refractivity contribution < 1.29 is 115 Å². The number of phenols is 1. The molecule has 0 saturated carbocycles. The van der Waals surface area contributed by atoms with E-state index in [1.807, 2.05) is 97.9 Å². The van der Waals surface area contributed by atoms with E-state index in [1.165, 1.54) is 57.4 Å². The van der Waals surface area contributed by atoms with Gasteiger partial charge in [-0.3, -0.25) is 20.2 Å². The number of nitrogens with one attached hydrogen (secondary N) is 2. The molecule has 2 aliphatic heterocycles. The molecule has 12 rings (SSSR count). The summed E-state index contributed by atoms with van der Waals surface area (Å²) in [4.78, 5) is 91.0. The van der Waals surface area contributed by atoms with Crippen molar-refractivity contribution in [2.75, 3.05) is 23.5 Å². The van der Waals surface area contributed by atoms with Gasteiger partial charge in [-0.2, -0.15) is 5.26 Å². The number of rotatable bonds is 14. The van der Waals surface area contributed by atoms with Crippen molar-refractivity contribution in [2.24, 2.45) is 5.73 Å². The average Bonchev–Trinajstić information content (AvgIpc) is 1.42. The third-order valence-electron chi connectivity index (χ3n) is 14.5. The smallest absolute Gasteiger partial charge is 0.512 e. The molecule has 532 valence electrons. The number of aliphatic hydroxyl groups excluding tert-OH is 1. The Labute approximate surface area is 612 Å². The predicted octanol–water partition coefficient (Wildman–Crippen LogP) is 8.58. The van der Waals surface area contributed by atoms with Gasteiger partial charge in [-0.1, -0.05) is 117 Å². The van der Waals surface area contributed by atoms with Gasteiger partial charge in [0.2, 0.25) is 29.9 Å². The van der Waals surface area contributed by atoms with Crippen LogP contribution in [0.3, 0.4) is 0 Å². The SMILES string of the molecule is C.C.CC(=O)Nc1cc2ccc(O)cc2c(=O)o1.CO[C@@H]1[C@H](OC(N)=O)[C@H](O)C(Oc2ccc3cc(NC(C)=O)oc(=O)c3c2)OC1(C)C.Cc1ccc2cc(N)oc(=O)c2c1.N#CCc1ccc(OCc2ccccc2)cc1C(=O)O.O=C1OCc2ccc(OCc3ccccc3)cc21.[C-]#N.[Na+]. The molecule has 0 aliphatic carbocycles. The Morgan fingerprint density at radius 1 is 0.670 bits per heavy atom. The maximum atomic E-state index is 12.3. The Balaban J connectivity index is 0.000000277. The number of hydrogen-bond donors (Lipinski definition) is 7. The van der Waals surface area contributed by atoms with Crippen LogP contribution in [-0.4, -0.2) is 82.5 Å². The van der Waals surface area contributed by atoms with Crippen molar-refractivity contribution >= 4 is 79.8 Å². The molecule has 1 saturated heterocycles. The minimum atomic E-state index is -1.43. The van der Waals surface area contributed by atoms with E-state index in [0.717, 1.165) is 27.6 Å². The van der Waals surface area contributed by atoms with Gasteiger partial charge in [-0.05, 0) is 108 Å². The molecule has 0 bridgehead atoms. The van der Waals surface area contributed by atoms with Crippen molar-refractivity contribution in [2.45, 2.75) is 106 Å². The summed E-state index contributed by atoms with van der Waals surface area (Å²) < 4.78 is 52.9. The van der Waals surface area contributed by atoms with Crippen LogP contribution in [0, 0.1) is 30.1 Å². The Bertz CT molecular complexity index is 4840. The summed E-state index contributed by atoms with van der Waals surface area (Å²) in [5.41, 5.74) is 13.1. The number of aromatic carboxylic acids is 1. The maximum Gasteiger partial charge on any atom is 1.00 e. The van der Waals surface area contributed by atoms with Gasteiger partial charge in [0.15, 0.2) is 18.1 Å². The van der Waals surface area contributed by atoms with Crippen molar-refractivity contribution in [1.82, 2.24) is 0 Å². The van der Waals surface area contributed by atoms with Crippen LogP contribution in [0.15, 0.2) is 197 Å². The van der Waals surface area contributed by atoms with Crippen LogP contribution in [0.4, 0.5) is 22.4 Å². The summed E-state index contributed by atoms with van der Waals surface area (Å²) >= 11 is 0. The van der Waals surface area contributed by atoms with E-state index in [0.29, 0.717) is 58.6 Å². The van der Waals surface area contributed by atoms with Gasteiger partial charge in [0.1, 0.15) is 48.9 Å². The topological polar surface area (TPSA) is 425 Å². The number of nitriles is 1. The molecule has 103 heavy (non-hydrogen) atoms. The Hall–Kier alpha value is -11.8. The number of phenolic OH excluding ortho intramolecular Hbond substituents is 1. The number of nitrogen functional groups attached to an aromatic ring is 1. The molecule has 5 heterocycles. The van der Waals surface area contributed by atoms with Gasteiger partial charge in [0.25, 0.3) is 0 Å². The zero-order chi connectivity index (χ0) is 72.8. The van der Waals surface area contributed by atoms with E-state index in [9.17, 15) is 48.6 Å². The molecule has 3 amide bonds. The number of carboxylic acids is 1. The van der Waals surface area contributed by atoms with Gasteiger partial charge >= 0.3 is 64.5 Å². The third kappa shape index (κ3) is 23.7. The number of carboxylic acid groups (broad SMARTS) is 1. The third-order valence-corrected chi connectivity index (χ3v) is 14.5. The molecular formula is C75H75N6NaO21. The first-order valence-electron chi connectivity index (χ1n) is 30.1. The second-order valence-electron chi connectivity index (χ2n) is 22.4. The molecule has 9 N–H and O–H groups in total. The molecule has 28 heteroatoms. The van der Waals surface area contributed by atoms with Crippen LogP contribution in [-0.2, 0) is 54.8 Å². The number of aryl methyl sites for hydroxylation is 1. The second kappa shape index (κ2) is 39.2. The summed E-state index contributed by atoms with van der Waals surface area (Å²) in [7, 11) is 1.39. The Kier molecular flexibility index (Phi) is 31.9. The van der Waals surface area contributed by atoms with Crippen LogP contribution in [0.2, 0.25) is 0 Å². The number of ether oxygens (including phenoxy) is 7. The number of fused-ring (bicyclic) bond motifs is 4. The minimum Gasteiger partial charge on any atom is -0.512 e. The van der Waals surface area contributed by atoms with Crippen LogP contribution < -0.4 is 82.7 Å². The van der Waals surface area contributed by atoms with Gasteiger partial charge < -0.3 is 85.0 Å². The standard InChI is InChI=1S/C20H24N2O9.C16H13NO3.C15H12O3.C11H9NO4.C10H9NO2.CN.2CH4.Na/c1-9(23)22-13-7-10-5-6-11(8-12(10)17(25)29-13)28-18-14(24)15(30-19(21)26)16(27-4)20(2,3)31-18;17-9-8-13-6-7-14(10-15(13)16(18)19)20-11-12-4-2-1-3-5-12;16-15-14-8-13(7-6-12(14)10-18-15)17-9-11-4-2-1-3-5-11;1-6(13)12-10-4-7-2-3-8(14)5-9(7)11(15)16-10;1-6-2-3-7-5-9(11)13-10(12)8(7)4-6;1-2;;;/h5-8,14-16,18,24H,1-4H3,(H2,21,26)(H,22,23);1-7,10H,8,11H2,(H,18,19);1-8H,9-10H2;2-5,14H,1H3,(H,12,13);2-5H,11H2,1H3;;2*1H4;/q;;;;;-1;;;+1/t14-,15+,16+,18?;;;;;;;;/m0......../s1. The summed E-state index contributed by atoms with van der Waals surface area (Å²) in [5, 5.41) is 51.7. The van der Waals surface area contributed by atoms with E-state index in [-0.39, 0.29) is 120 Å². The molecule has 4 atom stereocenters. The number of amides is 3. The van der Waals surface area contributed by atoms with E-state index in [1.54, 1.807) is 62.4 Å². The van der Waals surface area contributed by atoms with Crippen molar-refractivity contribution in [1.29, 1.82) is 10.5 Å². The van der Waals surface area contributed by atoms with Gasteiger partial charge in [0.05, 0.1) is 45.4 Å². The number of anilines is 3. The number of nitrogens with two attached hydrogens (primary N) is 2. The number of primary amides is 1. The summed E-state index contributed by atoms with van der Waals surface area (Å²) in [6.07, 6.45) is -5.66. The second-order valence-corrected chi connectivity index (χ2v) is 22.4. The normalized spacial score (nSPS) is 14.7. The number of carbonyl (C=O) groups excluding carboxylic acids is 4. The number of methoxy groups -OCH3 is 1. The van der Waals surface area contributed by atoms with E-state index in [4.69, 9.17) is 80.1 Å². The molecule has 27 nitrogen and oxygen atoms in total. The number of nitrogens with zero attached hydrogens (tertiary/aromatic N) is 2. The van der Waals surface area contributed by atoms with Crippen LogP contribution in [0.25, 0.3) is 32.3 Å².